The van der Waals surface area contributed by atoms with E-state index in [1.807, 2.05) is 24.3 Å². The van der Waals surface area contributed by atoms with E-state index in [9.17, 15) is 9.18 Å². The Hall–Kier alpha value is -3.23. The van der Waals surface area contributed by atoms with Gasteiger partial charge in [-0.15, -0.1) is 11.3 Å². The summed E-state index contributed by atoms with van der Waals surface area (Å²) in [5.74, 6) is 1.01. The van der Waals surface area contributed by atoms with Crippen molar-refractivity contribution in [1.82, 2.24) is 14.5 Å². The van der Waals surface area contributed by atoms with Crippen LogP contribution in [0.25, 0.3) is 26.2 Å². The van der Waals surface area contributed by atoms with E-state index in [4.69, 9.17) is 4.74 Å². The van der Waals surface area contributed by atoms with Crippen LogP contribution in [0, 0.1) is 5.82 Å². The third kappa shape index (κ3) is 4.00. The maximum Gasteiger partial charge on any atom is 0.273 e. The monoisotopic (exact) mass is 464 g/mol. The number of likely N-dealkylation sites (N-methyl/N-ethyl adjacent to an activating group) is 1. The lowest BCUT2D eigenvalue weighted by molar-refractivity contribution is 0.315. The van der Waals surface area contributed by atoms with Crippen LogP contribution in [-0.2, 0) is 0 Å². The molecular weight excluding hydrogens is 439 g/mol. The first-order valence-corrected chi connectivity index (χ1v) is 11.6. The van der Waals surface area contributed by atoms with E-state index in [1.54, 1.807) is 29.1 Å². The molecule has 0 aliphatic carbocycles. The Morgan fingerprint density at radius 3 is 2.70 bits per heavy atom. The molecule has 5 rings (SSSR count). The highest BCUT2D eigenvalue weighted by atomic mass is 32.1. The lowest BCUT2D eigenvalue weighted by Gasteiger charge is -2.21. The molecule has 6 nitrogen and oxygen atoms in total. The van der Waals surface area contributed by atoms with Gasteiger partial charge in [0.15, 0.2) is 0 Å². The minimum atomic E-state index is -0.376. The lowest BCUT2D eigenvalue weighted by Crippen LogP contribution is -2.31. The molecule has 1 saturated heterocycles. The number of rotatable bonds is 5. The van der Waals surface area contributed by atoms with Gasteiger partial charge in [0, 0.05) is 47.2 Å². The molecule has 170 valence electrons. The zero-order valence-corrected chi connectivity index (χ0v) is 19.6. The molecule has 0 bridgehead atoms. The molecule has 1 aromatic carbocycles. The first-order valence-electron chi connectivity index (χ1n) is 10.8. The van der Waals surface area contributed by atoms with Crippen LogP contribution in [0.3, 0.4) is 0 Å². The number of hydrogen-bond donors (Lipinski definition) is 0. The smallest absolute Gasteiger partial charge is 0.273 e. The predicted molar refractivity (Wildman–Crippen MR) is 131 cm³/mol. The molecule has 0 amide bonds. The summed E-state index contributed by atoms with van der Waals surface area (Å²) in [6.07, 6.45) is 4.60. The van der Waals surface area contributed by atoms with Crippen LogP contribution in [0.2, 0.25) is 0 Å². The lowest BCUT2D eigenvalue weighted by atomic mass is 10.1. The van der Waals surface area contributed by atoms with Crippen LogP contribution < -0.4 is 15.2 Å². The van der Waals surface area contributed by atoms with Crippen molar-refractivity contribution in [3.05, 3.63) is 71.0 Å². The van der Waals surface area contributed by atoms with Gasteiger partial charge in [-0.05, 0) is 56.9 Å². The molecule has 1 aliphatic heterocycles. The van der Waals surface area contributed by atoms with Crippen molar-refractivity contribution in [3.63, 3.8) is 0 Å². The van der Waals surface area contributed by atoms with Gasteiger partial charge in [-0.2, -0.15) is 0 Å². The Bertz CT molecular complexity index is 1360. The zero-order chi connectivity index (χ0) is 23.1. The van der Waals surface area contributed by atoms with Crippen LogP contribution in [0.4, 0.5) is 10.2 Å². The van der Waals surface area contributed by atoms with E-state index in [-0.39, 0.29) is 11.4 Å². The van der Waals surface area contributed by atoms with Gasteiger partial charge < -0.3 is 14.5 Å². The van der Waals surface area contributed by atoms with Gasteiger partial charge in [0.05, 0.1) is 19.0 Å². The summed E-state index contributed by atoms with van der Waals surface area (Å²) in [7, 11) is 5.71. The third-order valence-electron chi connectivity index (χ3n) is 6.25. The molecular formula is C25H25FN4O2S. The minimum absolute atomic E-state index is 0.138. The standard InChI is InChI=1S/C25H25FN4O2S/c1-28(2)18-9-10-29(15-18)23-7-4-17(14-27-23)30-11-8-16-12-22(33-24(16)25(30)31)20-6-5-19(32-3)13-21(20)26/h4-8,11-14,18H,9-10,15H2,1-3H3/t18-/m1/s1. The zero-order valence-electron chi connectivity index (χ0n) is 18.8. The van der Waals surface area contributed by atoms with Gasteiger partial charge in [-0.3, -0.25) is 9.36 Å². The van der Waals surface area contributed by atoms with Crippen molar-refractivity contribution in [1.29, 1.82) is 0 Å². The molecule has 0 radical (unpaired) electrons. The van der Waals surface area contributed by atoms with Crippen molar-refractivity contribution in [2.75, 3.05) is 39.2 Å². The largest absolute Gasteiger partial charge is 0.497 e. The summed E-state index contributed by atoms with van der Waals surface area (Å²) in [6, 6.07) is 12.9. The maximum atomic E-state index is 14.6. The fourth-order valence-electron chi connectivity index (χ4n) is 4.27. The quantitative estimate of drug-likeness (QED) is 0.438. The SMILES string of the molecule is COc1ccc(-c2cc3ccn(-c4ccc(N5CC[C@@H](N(C)C)C5)nc4)c(=O)c3s2)c(F)c1. The summed E-state index contributed by atoms with van der Waals surface area (Å²) in [5.41, 5.74) is 1.02. The number of halogens is 1. The predicted octanol–water partition coefficient (Wildman–Crippen LogP) is 4.40. The normalized spacial score (nSPS) is 16.2. The van der Waals surface area contributed by atoms with Gasteiger partial charge in [-0.1, -0.05) is 0 Å². The van der Waals surface area contributed by atoms with Crippen molar-refractivity contribution < 1.29 is 9.13 Å². The summed E-state index contributed by atoms with van der Waals surface area (Å²) in [6.45, 7) is 1.92. The van der Waals surface area contributed by atoms with Crippen LogP contribution in [0.15, 0.2) is 59.7 Å². The minimum Gasteiger partial charge on any atom is -0.497 e. The number of fused-ring (bicyclic) bond motifs is 1. The second-order valence-corrected chi connectivity index (χ2v) is 9.51. The molecule has 0 N–H and O–H groups in total. The second kappa shape index (κ2) is 8.61. The Morgan fingerprint density at radius 2 is 2.03 bits per heavy atom. The fraction of sp³-hybridized carbons (Fsp3) is 0.280. The average Bonchev–Trinajstić information content (AvgIpc) is 3.48. The van der Waals surface area contributed by atoms with E-state index in [0.29, 0.717) is 32.6 Å². The molecule has 0 saturated carbocycles. The fourth-order valence-corrected chi connectivity index (χ4v) is 5.38. The molecule has 0 unspecified atom stereocenters. The maximum absolute atomic E-state index is 14.6. The van der Waals surface area contributed by atoms with Crippen LogP contribution in [0.5, 0.6) is 5.75 Å². The van der Waals surface area contributed by atoms with Crippen LogP contribution >= 0.6 is 11.3 Å². The van der Waals surface area contributed by atoms with E-state index in [0.717, 1.165) is 30.7 Å². The van der Waals surface area contributed by atoms with E-state index >= 15 is 0 Å². The number of pyridine rings is 2. The number of aromatic nitrogens is 2. The van der Waals surface area contributed by atoms with Crippen LogP contribution in [-0.4, -0.2) is 54.8 Å². The average molecular weight is 465 g/mol. The van der Waals surface area contributed by atoms with E-state index in [2.05, 4.69) is 28.9 Å². The molecule has 0 spiro atoms. The molecule has 8 heteroatoms. The van der Waals surface area contributed by atoms with E-state index in [1.165, 1.54) is 24.5 Å². The summed E-state index contributed by atoms with van der Waals surface area (Å²) >= 11 is 1.29. The Kier molecular flexibility index (Phi) is 5.64. The molecule has 4 heterocycles. The highest BCUT2D eigenvalue weighted by Gasteiger charge is 2.24. The van der Waals surface area contributed by atoms with Crippen molar-refractivity contribution in [2.45, 2.75) is 12.5 Å². The summed E-state index contributed by atoms with van der Waals surface area (Å²) in [5, 5.41) is 0.794. The molecule has 3 aromatic heterocycles. The molecule has 1 fully saturated rings. The Balaban J connectivity index is 1.45. The van der Waals surface area contributed by atoms with Crippen molar-refractivity contribution in [2.24, 2.45) is 0 Å². The number of anilines is 1. The number of nitrogens with zero attached hydrogens (tertiary/aromatic N) is 4. The highest BCUT2D eigenvalue weighted by Crippen LogP contribution is 2.34. The number of benzene rings is 1. The van der Waals surface area contributed by atoms with Gasteiger partial charge in [0.2, 0.25) is 0 Å². The Labute approximate surface area is 195 Å². The third-order valence-corrected chi connectivity index (χ3v) is 7.42. The first-order chi connectivity index (χ1) is 15.9. The topological polar surface area (TPSA) is 50.6 Å². The summed E-state index contributed by atoms with van der Waals surface area (Å²) < 4.78 is 21.8. The number of methoxy groups -OCH3 is 1. The first kappa shape index (κ1) is 21.6. The van der Waals surface area contributed by atoms with Crippen molar-refractivity contribution in [3.8, 4) is 21.9 Å². The van der Waals surface area contributed by atoms with Gasteiger partial charge >= 0.3 is 0 Å². The number of hydrogen-bond acceptors (Lipinski definition) is 6. The van der Waals surface area contributed by atoms with Crippen molar-refractivity contribution >= 4 is 27.2 Å². The second-order valence-electron chi connectivity index (χ2n) is 8.46. The van der Waals surface area contributed by atoms with Gasteiger partial charge in [-0.25, -0.2) is 9.37 Å². The number of ether oxygens (including phenoxy) is 1. The van der Waals surface area contributed by atoms with Gasteiger partial charge in [0.1, 0.15) is 22.1 Å². The molecule has 4 aromatic rings. The van der Waals surface area contributed by atoms with E-state index < -0.39 is 0 Å². The molecule has 1 atom stereocenters. The summed E-state index contributed by atoms with van der Waals surface area (Å²) in [4.78, 5) is 23.1. The highest BCUT2D eigenvalue weighted by molar-refractivity contribution is 7.22. The van der Waals surface area contributed by atoms with Crippen LogP contribution in [0.1, 0.15) is 6.42 Å². The Morgan fingerprint density at radius 1 is 1.18 bits per heavy atom. The number of thiophene rings is 1. The molecule has 1 aliphatic rings. The van der Waals surface area contributed by atoms with Gasteiger partial charge in [0.25, 0.3) is 5.56 Å². The molecule has 33 heavy (non-hydrogen) atoms.